The fraction of sp³-hybridized carbons (Fsp3) is 0.577. The average molecular weight is 469 g/mol. The molecule has 3 aliphatic rings. The lowest BCUT2D eigenvalue weighted by molar-refractivity contribution is -0.144. The number of carboxylic acids is 1. The number of nitrogens with zero attached hydrogens (tertiary/aromatic N) is 2. The third-order valence-electron chi connectivity index (χ3n) is 7.80. The van der Waals surface area contributed by atoms with Gasteiger partial charge in [-0.1, -0.05) is 18.0 Å². The van der Waals surface area contributed by atoms with E-state index in [2.05, 4.69) is 5.16 Å². The van der Waals surface area contributed by atoms with Crippen molar-refractivity contribution >= 4 is 12.1 Å². The van der Waals surface area contributed by atoms with E-state index in [4.69, 9.17) is 14.0 Å². The lowest BCUT2D eigenvalue weighted by Gasteiger charge is -2.27. The van der Waals surface area contributed by atoms with Gasteiger partial charge in [0.2, 0.25) is 0 Å². The smallest absolute Gasteiger partial charge is 0.410 e. The summed E-state index contributed by atoms with van der Waals surface area (Å²) in [5.41, 5.74) is 2.26. The number of carboxylic acid groups (broad SMARTS) is 1. The molecule has 8 nitrogen and oxygen atoms in total. The molecule has 1 amide bonds. The molecule has 3 fully saturated rings. The first kappa shape index (κ1) is 22.7. The molecule has 0 saturated heterocycles. The molecule has 34 heavy (non-hydrogen) atoms. The van der Waals surface area contributed by atoms with Gasteiger partial charge in [-0.3, -0.25) is 4.79 Å². The number of rotatable bonds is 7. The van der Waals surface area contributed by atoms with Crippen LogP contribution >= 0.6 is 0 Å². The van der Waals surface area contributed by atoms with Gasteiger partial charge in [0.15, 0.2) is 5.76 Å². The Morgan fingerprint density at radius 3 is 2.59 bits per heavy atom. The van der Waals surface area contributed by atoms with E-state index in [0.717, 1.165) is 49.7 Å². The molecule has 0 aliphatic heterocycles. The Balaban J connectivity index is 1.22. The van der Waals surface area contributed by atoms with Crippen LogP contribution < -0.4 is 4.74 Å². The zero-order chi connectivity index (χ0) is 23.8. The molecule has 0 spiro atoms. The minimum absolute atomic E-state index is 0.0509. The predicted molar refractivity (Wildman–Crippen MR) is 123 cm³/mol. The minimum atomic E-state index is -0.724. The van der Waals surface area contributed by atoms with E-state index in [1.165, 1.54) is 0 Å². The van der Waals surface area contributed by atoms with Gasteiger partial charge in [-0.2, -0.15) is 0 Å². The summed E-state index contributed by atoms with van der Waals surface area (Å²) in [6.45, 7) is 1.93. The molecule has 4 atom stereocenters. The lowest BCUT2D eigenvalue weighted by Crippen LogP contribution is -2.35. The first-order valence-corrected chi connectivity index (χ1v) is 12.3. The first-order valence-electron chi connectivity index (χ1n) is 12.3. The number of carbonyl (C=O) groups is 2. The van der Waals surface area contributed by atoms with Crippen LogP contribution in [0.2, 0.25) is 0 Å². The summed E-state index contributed by atoms with van der Waals surface area (Å²) in [5.74, 6) is 1.20. The maximum atomic E-state index is 12.5. The Kier molecular flexibility index (Phi) is 6.23. The third kappa shape index (κ3) is 4.63. The van der Waals surface area contributed by atoms with Gasteiger partial charge < -0.3 is 24.0 Å². The topological polar surface area (TPSA) is 102 Å². The molecule has 5 rings (SSSR count). The number of hydrogen-bond acceptors (Lipinski definition) is 6. The number of carbonyl (C=O) groups excluding carboxylic acids is 1. The molecule has 0 radical (unpaired) electrons. The van der Waals surface area contributed by atoms with Crippen molar-refractivity contribution in [1.29, 1.82) is 0 Å². The van der Waals surface area contributed by atoms with Crippen LogP contribution in [-0.4, -0.2) is 46.4 Å². The normalized spacial score (nSPS) is 26.1. The van der Waals surface area contributed by atoms with Crippen molar-refractivity contribution in [2.75, 3.05) is 7.05 Å². The second-order valence-electron chi connectivity index (χ2n) is 10.0. The van der Waals surface area contributed by atoms with Gasteiger partial charge in [-0.25, -0.2) is 4.79 Å². The maximum absolute atomic E-state index is 12.5. The van der Waals surface area contributed by atoms with E-state index in [9.17, 15) is 14.7 Å². The van der Waals surface area contributed by atoms with Gasteiger partial charge in [0.05, 0.1) is 17.2 Å². The van der Waals surface area contributed by atoms with Gasteiger partial charge in [-0.15, -0.1) is 0 Å². The quantitative estimate of drug-likeness (QED) is 0.607. The highest BCUT2D eigenvalue weighted by atomic mass is 16.6. The number of ether oxygens (including phenoxy) is 2. The van der Waals surface area contributed by atoms with Crippen LogP contribution in [0.5, 0.6) is 5.75 Å². The van der Waals surface area contributed by atoms with Gasteiger partial charge in [0, 0.05) is 18.7 Å². The number of benzene rings is 1. The SMILES string of the molecule is Cc1noc(-c2ccc(O[C@@H]3C[C@H](C(=O)O)C[C@H]4C[C@H]43)cc2)c1COC(=O)N(C)C1CCCC1. The van der Waals surface area contributed by atoms with Gasteiger partial charge in [-0.05, 0) is 75.1 Å². The van der Waals surface area contributed by atoms with Crippen molar-refractivity contribution in [3.8, 4) is 17.1 Å². The van der Waals surface area contributed by atoms with Gasteiger partial charge in [0.25, 0.3) is 0 Å². The third-order valence-corrected chi connectivity index (χ3v) is 7.80. The molecular formula is C26H32N2O6. The van der Waals surface area contributed by atoms with Crippen molar-refractivity contribution in [2.45, 2.75) is 70.6 Å². The van der Waals surface area contributed by atoms with Crippen LogP contribution in [0.1, 0.15) is 56.2 Å². The largest absolute Gasteiger partial charge is 0.490 e. The molecule has 0 bridgehead atoms. The Hall–Kier alpha value is -3.03. The zero-order valence-electron chi connectivity index (χ0n) is 19.7. The van der Waals surface area contributed by atoms with E-state index >= 15 is 0 Å². The zero-order valence-corrected chi connectivity index (χ0v) is 19.7. The molecule has 2 aromatic rings. The number of hydrogen-bond donors (Lipinski definition) is 1. The van der Waals surface area contributed by atoms with E-state index in [-0.39, 0.29) is 30.8 Å². The van der Waals surface area contributed by atoms with E-state index < -0.39 is 5.97 Å². The van der Waals surface area contributed by atoms with Crippen molar-refractivity contribution in [3.05, 3.63) is 35.5 Å². The summed E-state index contributed by atoms with van der Waals surface area (Å²) in [6, 6.07) is 7.79. The van der Waals surface area contributed by atoms with Crippen LogP contribution in [0.25, 0.3) is 11.3 Å². The van der Waals surface area contributed by atoms with E-state index in [1.54, 1.807) is 11.9 Å². The van der Waals surface area contributed by atoms with Crippen molar-refractivity contribution in [3.63, 3.8) is 0 Å². The van der Waals surface area contributed by atoms with Crippen LogP contribution in [0.3, 0.4) is 0 Å². The van der Waals surface area contributed by atoms with Crippen LogP contribution in [0, 0.1) is 24.7 Å². The fourth-order valence-electron chi connectivity index (χ4n) is 5.57. The van der Waals surface area contributed by atoms with Crippen molar-refractivity contribution in [1.82, 2.24) is 10.1 Å². The number of aryl methyl sites for hydroxylation is 1. The Labute approximate surface area is 199 Å². The predicted octanol–water partition coefficient (Wildman–Crippen LogP) is 5.04. The molecule has 3 aliphatic carbocycles. The average Bonchev–Trinajstić information content (AvgIpc) is 3.24. The minimum Gasteiger partial charge on any atom is -0.490 e. The molecule has 1 aromatic carbocycles. The van der Waals surface area contributed by atoms with Crippen LogP contribution in [0.4, 0.5) is 4.79 Å². The number of aromatic nitrogens is 1. The fourth-order valence-corrected chi connectivity index (χ4v) is 5.57. The molecular weight excluding hydrogens is 436 g/mol. The number of aliphatic carboxylic acids is 1. The molecule has 0 unspecified atom stereocenters. The summed E-state index contributed by atoms with van der Waals surface area (Å²) in [4.78, 5) is 25.7. The molecule has 182 valence electrons. The molecule has 1 N–H and O–H groups in total. The second kappa shape index (κ2) is 9.31. The molecule has 3 saturated carbocycles. The van der Waals surface area contributed by atoms with Crippen LogP contribution in [-0.2, 0) is 16.1 Å². The summed E-state index contributed by atoms with van der Waals surface area (Å²) >= 11 is 0. The number of fused-ring (bicyclic) bond motifs is 1. The summed E-state index contributed by atoms with van der Waals surface area (Å²) in [6.07, 6.45) is 6.36. The monoisotopic (exact) mass is 468 g/mol. The van der Waals surface area contributed by atoms with Gasteiger partial charge >= 0.3 is 12.1 Å². The summed E-state index contributed by atoms with van der Waals surface area (Å²) in [7, 11) is 1.80. The summed E-state index contributed by atoms with van der Waals surface area (Å²) < 4.78 is 17.3. The maximum Gasteiger partial charge on any atom is 0.410 e. The second-order valence-corrected chi connectivity index (χ2v) is 10.0. The van der Waals surface area contributed by atoms with Crippen molar-refractivity contribution < 1.29 is 28.7 Å². The first-order chi connectivity index (χ1) is 16.4. The molecule has 1 heterocycles. The number of amides is 1. The highest BCUT2D eigenvalue weighted by Crippen LogP contribution is 2.52. The molecule has 8 heteroatoms. The lowest BCUT2D eigenvalue weighted by atomic mass is 9.87. The summed E-state index contributed by atoms with van der Waals surface area (Å²) in [5, 5.41) is 13.5. The van der Waals surface area contributed by atoms with Crippen molar-refractivity contribution in [2.24, 2.45) is 17.8 Å². The Bertz CT molecular complexity index is 1040. The van der Waals surface area contributed by atoms with Gasteiger partial charge in [0.1, 0.15) is 18.5 Å². The Morgan fingerprint density at radius 2 is 1.88 bits per heavy atom. The highest BCUT2D eigenvalue weighted by Gasteiger charge is 2.51. The highest BCUT2D eigenvalue weighted by molar-refractivity contribution is 5.70. The standard InChI is InChI=1S/C26H32N2O6/c1-15-22(14-32-26(31)28(2)19-5-3-4-6-19)24(34-27-15)16-7-9-20(10-8-16)33-23-13-18(25(29)30)11-17-12-21(17)23/h7-10,17-19,21,23H,3-6,11-14H2,1-2H3,(H,29,30)/t17-,18+,21+,23+/m0/s1. The Morgan fingerprint density at radius 1 is 1.15 bits per heavy atom. The molecule has 1 aromatic heterocycles. The van der Waals surface area contributed by atoms with E-state index in [1.807, 2.05) is 31.2 Å². The van der Waals surface area contributed by atoms with E-state index in [0.29, 0.717) is 35.5 Å². The van der Waals surface area contributed by atoms with Crippen LogP contribution in [0.15, 0.2) is 28.8 Å².